The van der Waals surface area contributed by atoms with Crippen LogP contribution in [0.4, 0.5) is 0 Å². The number of carboxylic acids is 1. The third kappa shape index (κ3) is 2.75. The van der Waals surface area contributed by atoms with Crippen LogP contribution in [0.15, 0.2) is 28.7 Å². The molecule has 3 rings (SSSR count). The molecule has 1 saturated heterocycles. The zero-order valence-electron chi connectivity index (χ0n) is 14.0. The molecule has 1 aliphatic rings. The van der Waals surface area contributed by atoms with Crippen LogP contribution in [0.5, 0.6) is 0 Å². The SMILES string of the molecule is Cc1ccc(-c2ccc(C(=O)N3CCC(C(=O)O)(C(C)C)C3)s2)o1. The monoisotopic (exact) mass is 347 g/mol. The summed E-state index contributed by atoms with van der Waals surface area (Å²) in [7, 11) is 0. The molecule has 1 amide bonds. The number of carbonyl (C=O) groups is 2. The first-order valence-electron chi connectivity index (χ1n) is 8.03. The molecule has 1 unspecified atom stereocenters. The second-order valence-electron chi connectivity index (χ2n) is 6.67. The molecule has 6 heteroatoms. The summed E-state index contributed by atoms with van der Waals surface area (Å²) in [5, 5.41) is 9.61. The van der Waals surface area contributed by atoms with E-state index in [1.807, 2.05) is 39.0 Å². The van der Waals surface area contributed by atoms with Crippen LogP contribution >= 0.6 is 11.3 Å². The molecule has 5 nitrogen and oxygen atoms in total. The van der Waals surface area contributed by atoms with Gasteiger partial charge in [-0.3, -0.25) is 9.59 Å². The van der Waals surface area contributed by atoms with Crippen molar-refractivity contribution in [2.75, 3.05) is 13.1 Å². The van der Waals surface area contributed by atoms with Crippen molar-refractivity contribution in [3.05, 3.63) is 34.9 Å². The van der Waals surface area contributed by atoms with E-state index in [9.17, 15) is 14.7 Å². The van der Waals surface area contributed by atoms with Crippen molar-refractivity contribution >= 4 is 23.2 Å². The van der Waals surface area contributed by atoms with Crippen LogP contribution in [-0.4, -0.2) is 35.0 Å². The normalized spacial score (nSPS) is 20.8. The van der Waals surface area contributed by atoms with Crippen LogP contribution in [0.25, 0.3) is 10.6 Å². The van der Waals surface area contributed by atoms with Crippen LogP contribution in [0.1, 0.15) is 35.7 Å². The van der Waals surface area contributed by atoms with Crippen molar-refractivity contribution in [2.45, 2.75) is 27.2 Å². The highest BCUT2D eigenvalue weighted by molar-refractivity contribution is 7.17. The minimum Gasteiger partial charge on any atom is -0.481 e. The van der Waals surface area contributed by atoms with E-state index < -0.39 is 11.4 Å². The molecule has 0 radical (unpaired) electrons. The predicted molar refractivity (Wildman–Crippen MR) is 92.2 cm³/mol. The molecule has 0 saturated carbocycles. The van der Waals surface area contributed by atoms with Crippen LogP contribution in [0.2, 0.25) is 0 Å². The van der Waals surface area contributed by atoms with Crippen molar-refractivity contribution < 1.29 is 19.1 Å². The lowest BCUT2D eigenvalue weighted by Crippen LogP contribution is -2.40. The first kappa shape index (κ1) is 16.8. The van der Waals surface area contributed by atoms with Gasteiger partial charge in [0.15, 0.2) is 0 Å². The van der Waals surface area contributed by atoms with E-state index in [0.29, 0.717) is 17.8 Å². The van der Waals surface area contributed by atoms with Crippen LogP contribution in [0.3, 0.4) is 0 Å². The van der Waals surface area contributed by atoms with E-state index in [1.165, 1.54) is 11.3 Å². The summed E-state index contributed by atoms with van der Waals surface area (Å²) >= 11 is 1.38. The van der Waals surface area contributed by atoms with Gasteiger partial charge in [0.1, 0.15) is 11.5 Å². The van der Waals surface area contributed by atoms with Crippen LogP contribution < -0.4 is 0 Å². The summed E-state index contributed by atoms with van der Waals surface area (Å²) in [5.74, 6) is 0.649. The van der Waals surface area contributed by atoms with Gasteiger partial charge in [-0.05, 0) is 43.5 Å². The minimum atomic E-state index is -0.839. The molecule has 24 heavy (non-hydrogen) atoms. The fraction of sp³-hybridized carbons (Fsp3) is 0.444. The smallest absolute Gasteiger partial charge is 0.311 e. The van der Waals surface area contributed by atoms with Crippen molar-refractivity contribution in [2.24, 2.45) is 11.3 Å². The Morgan fingerprint density at radius 2 is 2.04 bits per heavy atom. The van der Waals surface area contributed by atoms with E-state index >= 15 is 0 Å². The number of carbonyl (C=O) groups excluding carboxylic acids is 1. The maximum atomic E-state index is 12.7. The van der Waals surface area contributed by atoms with Crippen molar-refractivity contribution in [3.63, 3.8) is 0 Å². The second kappa shape index (κ2) is 6.09. The number of likely N-dealkylation sites (tertiary alicyclic amines) is 1. The fourth-order valence-corrected chi connectivity index (χ4v) is 4.14. The molecule has 0 spiro atoms. The highest BCUT2D eigenvalue weighted by atomic mass is 32.1. The summed E-state index contributed by atoms with van der Waals surface area (Å²) < 4.78 is 5.59. The Morgan fingerprint density at radius 1 is 1.29 bits per heavy atom. The number of aryl methyl sites for hydroxylation is 1. The topological polar surface area (TPSA) is 70.8 Å². The van der Waals surface area contributed by atoms with Crippen molar-refractivity contribution in [1.82, 2.24) is 4.90 Å². The van der Waals surface area contributed by atoms with E-state index in [2.05, 4.69) is 0 Å². The molecular formula is C18H21NO4S. The Morgan fingerprint density at radius 3 is 2.58 bits per heavy atom. The van der Waals surface area contributed by atoms with E-state index in [0.717, 1.165) is 16.4 Å². The Labute approximate surface area is 144 Å². The molecule has 2 aromatic heterocycles. The number of furan rings is 1. The quantitative estimate of drug-likeness (QED) is 0.911. The number of rotatable bonds is 4. The maximum Gasteiger partial charge on any atom is 0.311 e. The highest BCUT2D eigenvalue weighted by Crippen LogP contribution is 2.39. The van der Waals surface area contributed by atoms with Gasteiger partial charge in [-0.2, -0.15) is 0 Å². The van der Waals surface area contributed by atoms with Crippen LogP contribution in [-0.2, 0) is 4.79 Å². The molecule has 0 aromatic carbocycles. The zero-order chi connectivity index (χ0) is 17.5. The predicted octanol–water partition coefficient (Wildman–Crippen LogP) is 3.89. The molecule has 1 N–H and O–H groups in total. The first-order valence-corrected chi connectivity index (χ1v) is 8.84. The Hall–Kier alpha value is -2.08. The highest BCUT2D eigenvalue weighted by Gasteiger charge is 2.48. The lowest BCUT2D eigenvalue weighted by molar-refractivity contribution is -0.150. The number of amides is 1. The number of hydrogen-bond donors (Lipinski definition) is 1. The number of aliphatic carboxylic acids is 1. The lowest BCUT2D eigenvalue weighted by atomic mass is 9.76. The van der Waals surface area contributed by atoms with Gasteiger partial charge in [0.2, 0.25) is 0 Å². The third-order valence-electron chi connectivity index (χ3n) is 4.92. The number of carboxylic acid groups (broad SMARTS) is 1. The number of hydrogen-bond acceptors (Lipinski definition) is 4. The molecule has 128 valence electrons. The molecule has 2 aromatic rings. The molecule has 3 heterocycles. The number of nitrogens with zero attached hydrogens (tertiary/aromatic N) is 1. The second-order valence-corrected chi connectivity index (χ2v) is 7.75. The Bertz CT molecular complexity index is 776. The minimum absolute atomic E-state index is 0.0159. The molecule has 1 atom stereocenters. The van der Waals surface area contributed by atoms with Gasteiger partial charge in [-0.15, -0.1) is 11.3 Å². The van der Waals surface area contributed by atoms with Gasteiger partial charge in [0, 0.05) is 13.1 Å². The summed E-state index contributed by atoms with van der Waals surface area (Å²) in [6.07, 6.45) is 0.501. The lowest BCUT2D eigenvalue weighted by Gasteiger charge is -2.28. The molecule has 1 fully saturated rings. The summed E-state index contributed by atoms with van der Waals surface area (Å²) in [6.45, 7) is 6.45. The molecular weight excluding hydrogens is 326 g/mol. The molecule has 0 bridgehead atoms. The first-order chi connectivity index (χ1) is 11.3. The Kier molecular flexibility index (Phi) is 4.25. The third-order valence-corrected chi connectivity index (χ3v) is 6.01. The average Bonchev–Trinajstić information content (AvgIpc) is 3.25. The molecule has 1 aliphatic heterocycles. The Balaban J connectivity index is 1.79. The van der Waals surface area contributed by atoms with Gasteiger partial charge in [-0.25, -0.2) is 0 Å². The van der Waals surface area contributed by atoms with E-state index in [1.54, 1.807) is 11.0 Å². The van der Waals surface area contributed by atoms with Crippen molar-refractivity contribution in [3.8, 4) is 10.6 Å². The van der Waals surface area contributed by atoms with Crippen molar-refractivity contribution in [1.29, 1.82) is 0 Å². The van der Waals surface area contributed by atoms with Gasteiger partial charge in [-0.1, -0.05) is 13.8 Å². The van der Waals surface area contributed by atoms with Gasteiger partial charge in [0.25, 0.3) is 5.91 Å². The van der Waals surface area contributed by atoms with Gasteiger partial charge >= 0.3 is 5.97 Å². The maximum absolute atomic E-state index is 12.7. The number of thiophene rings is 1. The van der Waals surface area contributed by atoms with E-state index in [4.69, 9.17) is 4.42 Å². The van der Waals surface area contributed by atoms with Crippen LogP contribution in [0, 0.1) is 18.3 Å². The summed E-state index contributed by atoms with van der Waals surface area (Å²) in [5.41, 5.74) is -0.839. The average molecular weight is 347 g/mol. The van der Waals surface area contributed by atoms with Gasteiger partial charge in [0.05, 0.1) is 15.2 Å². The van der Waals surface area contributed by atoms with Gasteiger partial charge < -0.3 is 14.4 Å². The standard InChI is InChI=1S/C18H21NO4S/c1-11(2)18(17(21)22)8-9-19(10-18)16(20)15-7-6-14(24-15)13-5-4-12(3)23-13/h4-7,11H,8-10H2,1-3H3,(H,21,22). The van der Waals surface area contributed by atoms with E-state index in [-0.39, 0.29) is 18.4 Å². The summed E-state index contributed by atoms with van der Waals surface area (Å²) in [6, 6.07) is 7.44. The molecule has 0 aliphatic carbocycles. The zero-order valence-corrected chi connectivity index (χ0v) is 14.9. The fourth-order valence-electron chi connectivity index (χ4n) is 3.21. The summed E-state index contributed by atoms with van der Waals surface area (Å²) in [4.78, 5) is 27.6. The largest absolute Gasteiger partial charge is 0.481 e.